The average Bonchev–Trinajstić information content (AvgIpc) is 2.23. The van der Waals surface area contributed by atoms with E-state index in [2.05, 4.69) is 9.97 Å². The van der Waals surface area contributed by atoms with Crippen molar-refractivity contribution in [2.24, 2.45) is 0 Å². The smallest absolute Gasteiger partial charge is 0.372 e. The van der Waals surface area contributed by atoms with Crippen LogP contribution < -0.4 is 9.64 Å². The molecule has 1 aromatic rings. The Kier molecular flexibility index (Phi) is 2.57. The van der Waals surface area contributed by atoms with Gasteiger partial charge in [0.05, 0.1) is 18.1 Å². The van der Waals surface area contributed by atoms with E-state index in [1.54, 1.807) is 4.90 Å². The molecule has 8 nitrogen and oxygen atoms in total. The van der Waals surface area contributed by atoms with Gasteiger partial charge in [0, 0.05) is 13.1 Å². The van der Waals surface area contributed by atoms with Crippen LogP contribution in [0.3, 0.4) is 0 Å². The maximum Gasteiger partial charge on any atom is 0.372 e. The Balaban J connectivity index is 2.40. The van der Waals surface area contributed by atoms with Gasteiger partial charge in [-0.05, 0) is 0 Å². The second-order valence-corrected chi connectivity index (χ2v) is 3.37. The molecule has 2 rings (SSSR count). The molecule has 0 amide bonds. The van der Waals surface area contributed by atoms with Crippen molar-refractivity contribution in [3.05, 3.63) is 16.4 Å². The first-order chi connectivity index (χ1) is 7.63. The third kappa shape index (κ3) is 1.63. The second-order valence-electron chi connectivity index (χ2n) is 3.37. The van der Waals surface area contributed by atoms with E-state index in [-0.39, 0.29) is 17.4 Å². The Morgan fingerprint density at radius 2 is 2.31 bits per heavy atom. The number of aromatic nitrogens is 2. The number of nitrogens with zero attached hydrogens (tertiary/aromatic N) is 4. The summed E-state index contributed by atoms with van der Waals surface area (Å²) in [5, 5.41) is 20.0. The van der Waals surface area contributed by atoms with Gasteiger partial charge in [-0.1, -0.05) is 0 Å². The summed E-state index contributed by atoms with van der Waals surface area (Å²) in [5.41, 5.74) is -0.267. The summed E-state index contributed by atoms with van der Waals surface area (Å²) in [6, 6.07) is 0. The number of methoxy groups -OCH3 is 1. The van der Waals surface area contributed by atoms with Crippen molar-refractivity contribution in [1.29, 1.82) is 0 Å². The standard InChI is InChI=1S/C8H10N4O4/c1-16-8-6(12(14)15)7(9-4-10-8)11-2-5(13)3-11/h4-5,13H,2-3H2,1H3. The minimum atomic E-state index is -0.584. The molecule has 1 fully saturated rings. The molecule has 1 saturated heterocycles. The van der Waals surface area contributed by atoms with Crippen molar-refractivity contribution in [1.82, 2.24) is 9.97 Å². The van der Waals surface area contributed by atoms with Crippen molar-refractivity contribution in [2.75, 3.05) is 25.1 Å². The molecule has 16 heavy (non-hydrogen) atoms. The summed E-state index contributed by atoms with van der Waals surface area (Å²) in [7, 11) is 1.31. The van der Waals surface area contributed by atoms with Crippen LogP contribution in [0.2, 0.25) is 0 Å². The van der Waals surface area contributed by atoms with Gasteiger partial charge in [-0.25, -0.2) is 4.98 Å². The number of anilines is 1. The molecule has 2 heterocycles. The zero-order chi connectivity index (χ0) is 11.7. The Morgan fingerprint density at radius 1 is 1.62 bits per heavy atom. The molecule has 8 heteroatoms. The molecule has 0 unspecified atom stereocenters. The third-order valence-corrected chi connectivity index (χ3v) is 2.31. The van der Waals surface area contributed by atoms with Crippen molar-refractivity contribution in [3.8, 4) is 5.88 Å². The van der Waals surface area contributed by atoms with E-state index in [0.29, 0.717) is 13.1 Å². The fourth-order valence-corrected chi connectivity index (χ4v) is 1.52. The van der Waals surface area contributed by atoms with Crippen LogP contribution >= 0.6 is 0 Å². The number of hydrogen-bond donors (Lipinski definition) is 1. The van der Waals surface area contributed by atoms with Crippen molar-refractivity contribution in [3.63, 3.8) is 0 Å². The van der Waals surface area contributed by atoms with Gasteiger partial charge >= 0.3 is 5.69 Å². The highest BCUT2D eigenvalue weighted by Crippen LogP contribution is 2.34. The molecule has 1 aliphatic rings. The third-order valence-electron chi connectivity index (χ3n) is 2.31. The van der Waals surface area contributed by atoms with E-state index < -0.39 is 11.0 Å². The fourth-order valence-electron chi connectivity index (χ4n) is 1.52. The van der Waals surface area contributed by atoms with Crippen molar-refractivity contribution >= 4 is 11.5 Å². The highest BCUT2D eigenvalue weighted by atomic mass is 16.6. The van der Waals surface area contributed by atoms with Crippen LogP contribution in [-0.4, -0.2) is 46.3 Å². The summed E-state index contributed by atoms with van der Waals surface area (Å²) in [6.07, 6.45) is 0.742. The average molecular weight is 226 g/mol. The predicted octanol–water partition coefficient (Wildman–Crippen LogP) is -0.426. The molecule has 86 valence electrons. The number of β-amino-alcohol motifs (C(OH)–C–C–N with tert-alkyl or cyclic N) is 1. The number of aliphatic hydroxyl groups excluding tert-OH is 1. The van der Waals surface area contributed by atoms with Gasteiger partial charge in [-0.15, -0.1) is 0 Å². The Bertz CT molecular complexity index is 418. The molecule has 0 aliphatic carbocycles. The zero-order valence-corrected chi connectivity index (χ0v) is 8.53. The van der Waals surface area contributed by atoms with Gasteiger partial charge in [-0.3, -0.25) is 10.1 Å². The van der Waals surface area contributed by atoms with Gasteiger partial charge in [-0.2, -0.15) is 4.98 Å². The van der Waals surface area contributed by atoms with E-state index >= 15 is 0 Å². The number of nitro groups is 1. The minimum Gasteiger partial charge on any atom is -0.476 e. The summed E-state index contributed by atoms with van der Waals surface area (Å²) < 4.78 is 4.81. The molecule has 0 atom stereocenters. The molecule has 0 spiro atoms. The van der Waals surface area contributed by atoms with Gasteiger partial charge in [0.2, 0.25) is 5.82 Å². The minimum absolute atomic E-state index is 0.0728. The Morgan fingerprint density at radius 3 is 2.81 bits per heavy atom. The largest absolute Gasteiger partial charge is 0.476 e. The van der Waals surface area contributed by atoms with E-state index in [9.17, 15) is 10.1 Å². The lowest BCUT2D eigenvalue weighted by molar-refractivity contribution is -0.385. The molecule has 0 aromatic carbocycles. The first-order valence-corrected chi connectivity index (χ1v) is 4.60. The van der Waals surface area contributed by atoms with Gasteiger partial charge in [0.15, 0.2) is 0 Å². The molecule has 1 aliphatic heterocycles. The SMILES string of the molecule is COc1ncnc(N2CC(O)C2)c1[N+](=O)[O-]. The molecular weight excluding hydrogens is 216 g/mol. The molecule has 0 bridgehead atoms. The normalized spacial score (nSPS) is 15.8. The summed E-state index contributed by atoms with van der Waals surface area (Å²) in [6.45, 7) is 0.669. The molecule has 1 aromatic heterocycles. The van der Waals surface area contributed by atoms with Crippen LogP contribution in [0.5, 0.6) is 5.88 Å². The van der Waals surface area contributed by atoms with E-state index in [1.807, 2.05) is 0 Å². The van der Waals surface area contributed by atoms with Crippen LogP contribution in [-0.2, 0) is 0 Å². The highest BCUT2D eigenvalue weighted by molar-refractivity contribution is 5.63. The molecule has 0 radical (unpaired) electrons. The second kappa shape index (κ2) is 3.89. The summed E-state index contributed by atoms with van der Waals surface area (Å²) in [4.78, 5) is 19.4. The van der Waals surface area contributed by atoms with E-state index in [4.69, 9.17) is 9.84 Å². The van der Waals surface area contributed by atoms with Crippen LogP contribution in [0.1, 0.15) is 0 Å². The maximum absolute atomic E-state index is 10.9. The zero-order valence-electron chi connectivity index (χ0n) is 8.53. The predicted molar refractivity (Wildman–Crippen MR) is 53.5 cm³/mol. The van der Waals surface area contributed by atoms with Crippen LogP contribution in [0.15, 0.2) is 6.33 Å². The number of hydrogen-bond acceptors (Lipinski definition) is 7. The van der Waals surface area contributed by atoms with Crippen LogP contribution in [0.4, 0.5) is 11.5 Å². The fraction of sp³-hybridized carbons (Fsp3) is 0.500. The Labute approximate surface area is 90.6 Å². The highest BCUT2D eigenvalue weighted by Gasteiger charge is 2.34. The van der Waals surface area contributed by atoms with Gasteiger partial charge < -0.3 is 14.7 Å². The number of ether oxygens (including phenoxy) is 1. The summed E-state index contributed by atoms with van der Waals surface area (Å²) >= 11 is 0. The molecular formula is C8H10N4O4. The lowest BCUT2D eigenvalue weighted by Crippen LogP contribution is -2.51. The van der Waals surface area contributed by atoms with Crippen LogP contribution in [0, 0.1) is 10.1 Å². The Hall–Kier alpha value is -1.96. The lowest BCUT2D eigenvalue weighted by atomic mass is 10.1. The van der Waals surface area contributed by atoms with Crippen molar-refractivity contribution < 1.29 is 14.8 Å². The molecule has 0 saturated carbocycles. The van der Waals surface area contributed by atoms with E-state index in [1.165, 1.54) is 13.4 Å². The first kappa shape index (κ1) is 10.6. The van der Waals surface area contributed by atoms with Gasteiger partial charge in [0.25, 0.3) is 5.88 Å². The molecule has 1 N–H and O–H groups in total. The quantitative estimate of drug-likeness (QED) is 0.551. The van der Waals surface area contributed by atoms with Gasteiger partial charge in [0.1, 0.15) is 6.33 Å². The first-order valence-electron chi connectivity index (χ1n) is 4.60. The van der Waals surface area contributed by atoms with Crippen LogP contribution in [0.25, 0.3) is 0 Å². The summed E-state index contributed by atoms with van der Waals surface area (Å²) in [5.74, 6) is 0.110. The maximum atomic E-state index is 10.9. The monoisotopic (exact) mass is 226 g/mol. The lowest BCUT2D eigenvalue weighted by Gasteiger charge is -2.36. The topological polar surface area (TPSA) is 102 Å². The van der Waals surface area contributed by atoms with E-state index in [0.717, 1.165) is 0 Å². The number of aliphatic hydroxyl groups is 1. The number of rotatable bonds is 3. The van der Waals surface area contributed by atoms with Crippen molar-refractivity contribution in [2.45, 2.75) is 6.10 Å².